The highest BCUT2D eigenvalue weighted by Gasteiger charge is 2.26. The Kier molecular flexibility index (Phi) is 5.78. The first kappa shape index (κ1) is 18.0. The van der Waals surface area contributed by atoms with E-state index in [2.05, 4.69) is 0 Å². The molecule has 1 saturated carbocycles. The Bertz CT molecular complexity index is 638. The Hall–Kier alpha value is -1.82. The monoisotopic (exact) mass is 365 g/mol. The largest absolute Gasteiger partial charge is 0.362 e. The highest BCUT2D eigenvalue weighted by Crippen LogP contribution is 2.32. The van der Waals surface area contributed by atoms with Gasteiger partial charge in [-0.15, -0.1) is 0 Å². The van der Waals surface area contributed by atoms with Crippen molar-refractivity contribution in [3.63, 3.8) is 0 Å². The van der Waals surface area contributed by atoms with Gasteiger partial charge in [0.05, 0.1) is 4.92 Å². The molecule has 1 aliphatic heterocycles. The number of carbonyl (C=O) groups is 1. The van der Waals surface area contributed by atoms with E-state index in [-0.39, 0.29) is 11.6 Å². The number of nitro groups is 1. The van der Waals surface area contributed by atoms with Crippen LogP contribution in [0.5, 0.6) is 0 Å². The molecular weight excluding hydrogens is 342 g/mol. The third kappa shape index (κ3) is 4.42. The van der Waals surface area contributed by atoms with Crippen molar-refractivity contribution < 1.29 is 9.72 Å². The first-order valence-corrected chi connectivity index (χ1v) is 9.39. The van der Waals surface area contributed by atoms with Crippen LogP contribution in [0.3, 0.4) is 0 Å². The van der Waals surface area contributed by atoms with Crippen molar-refractivity contribution in [3.05, 3.63) is 33.3 Å². The minimum atomic E-state index is -0.402. The fourth-order valence-corrected chi connectivity index (χ4v) is 4.06. The summed E-state index contributed by atoms with van der Waals surface area (Å²) in [5, 5.41) is 11.6. The highest BCUT2D eigenvalue weighted by molar-refractivity contribution is 6.30. The Morgan fingerprint density at radius 1 is 1.20 bits per heavy atom. The van der Waals surface area contributed by atoms with Crippen LogP contribution < -0.4 is 4.90 Å². The van der Waals surface area contributed by atoms with Gasteiger partial charge in [0.2, 0.25) is 5.91 Å². The van der Waals surface area contributed by atoms with E-state index in [1.165, 1.54) is 31.7 Å². The molecule has 0 aromatic heterocycles. The molecule has 1 saturated heterocycles. The number of nitrogens with zero attached hydrogens (tertiary/aromatic N) is 3. The minimum absolute atomic E-state index is 0.0218. The lowest BCUT2D eigenvalue weighted by Crippen LogP contribution is -2.49. The maximum atomic E-state index is 12.4. The number of piperazine rings is 1. The minimum Gasteiger partial charge on any atom is -0.362 e. The molecule has 1 aromatic carbocycles. The Balaban J connectivity index is 1.55. The lowest BCUT2D eigenvalue weighted by Gasteiger charge is -2.36. The molecule has 1 heterocycles. The molecule has 1 aliphatic carbocycles. The molecule has 0 unspecified atom stereocenters. The fraction of sp³-hybridized carbons (Fsp3) is 0.611. The molecule has 3 rings (SSSR count). The van der Waals surface area contributed by atoms with Crippen LogP contribution in [-0.4, -0.2) is 41.9 Å². The number of rotatable bonds is 5. The zero-order valence-corrected chi connectivity index (χ0v) is 15.1. The summed E-state index contributed by atoms with van der Waals surface area (Å²) < 4.78 is 0. The van der Waals surface area contributed by atoms with Gasteiger partial charge >= 0.3 is 0 Å². The maximum absolute atomic E-state index is 12.4. The molecule has 7 heteroatoms. The van der Waals surface area contributed by atoms with Crippen molar-refractivity contribution >= 4 is 28.9 Å². The predicted octanol–water partition coefficient (Wildman–Crippen LogP) is 3.87. The van der Waals surface area contributed by atoms with E-state index in [0.29, 0.717) is 43.3 Å². The van der Waals surface area contributed by atoms with Gasteiger partial charge < -0.3 is 9.80 Å². The topological polar surface area (TPSA) is 66.7 Å². The summed E-state index contributed by atoms with van der Waals surface area (Å²) in [4.78, 5) is 27.1. The average molecular weight is 366 g/mol. The van der Waals surface area contributed by atoms with Crippen LogP contribution >= 0.6 is 11.6 Å². The molecule has 2 fully saturated rings. The van der Waals surface area contributed by atoms with E-state index in [4.69, 9.17) is 11.6 Å². The van der Waals surface area contributed by atoms with Gasteiger partial charge in [-0.2, -0.15) is 0 Å². The van der Waals surface area contributed by atoms with E-state index in [0.717, 1.165) is 12.3 Å². The Morgan fingerprint density at radius 3 is 2.52 bits per heavy atom. The van der Waals surface area contributed by atoms with Gasteiger partial charge in [-0.1, -0.05) is 37.3 Å². The van der Waals surface area contributed by atoms with Gasteiger partial charge in [0.25, 0.3) is 5.69 Å². The summed E-state index contributed by atoms with van der Waals surface area (Å²) >= 11 is 5.88. The Morgan fingerprint density at radius 2 is 1.88 bits per heavy atom. The van der Waals surface area contributed by atoms with E-state index >= 15 is 0 Å². The summed E-state index contributed by atoms with van der Waals surface area (Å²) in [5.41, 5.74) is 0.598. The number of nitro benzene ring substituents is 1. The van der Waals surface area contributed by atoms with Crippen molar-refractivity contribution in [3.8, 4) is 0 Å². The molecule has 25 heavy (non-hydrogen) atoms. The standard InChI is InChI=1S/C18H24ClN3O3/c19-15-6-7-16(17(13-15)22(24)25)20-9-11-21(12-10-20)18(23)8-5-14-3-1-2-4-14/h6-7,13-14H,1-5,8-12H2. The van der Waals surface area contributed by atoms with Gasteiger partial charge in [0.1, 0.15) is 5.69 Å². The van der Waals surface area contributed by atoms with Crippen LogP contribution in [-0.2, 0) is 4.79 Å². The quantitative estimate of drug-likeness (QED) is 0.586. The van der Waals surface area contributed by atoms with Crippen molar-refractivity contribution in [2.75, 3.05) is 31.1 Å². The molecule has 136 valence electrons. The molecule has 1 aromatic rings. The SMILES string of the molecule is O=C(CCC1CCCC1)N1CCN(c2ccc(Cl)cc2[N+](=O)[O-])CC1. The van der Waals surface area contributed by atoms with Crippen LogP contribution in [0, 0.1) is 16.0 Å². The normalized spacial score (nSPS) is 18.6. The second-order valence-corrected chi connectivity index (χ2v) is 7.38. The van der Waals surface area contributed by atoms with Crippen molar-refractivity contribution in [1.29, 1.82) is 0 Å². The lowest BCUT2D eigenvalue weighted by atomic mass is 10.0. The summed E-state index contributed by atoms with van der Waals surface area (Å²) in [6.45, 7) is 2.45. The van der Waals surface area contributed by atoms with E-state index in [1.54, 1.807) is 12.1 Å². The number of hydrogen-bond donors (Lipinski definition) is 0. The van der Waals surface area contributed by atoms with Gasteiger partial charge in [0, 0.05) is 43.7 Å². The van der Waals surface area contributed by atoms with Crippen molar-refractivity contribution in [1.82, 2.24) is 4.90 Å². The average Bonchev–Trinajstić information content (AvgIpc) is 3.13. The third-order valence-corrected chi connectivity index (χ3v) is 5.58. The molecule has 1 amide bonds. The second-order valence-electron chi connectivity index (χ2n) is 6.95. The summed E-state index contributed by atoms with van der Waals surface area (Å²) in [6, 6.07) is 4.75. The number of carbonyl (C=O) groups excluding carboxylic acids is 1. The molecule has 0 radical (unpaired) electrons. The number of hydrogen-bond acceptors (Lipinski definition) is 4. The number of amides is 1. The molecular formula is C18H24ClN3O3. The highest BCUT2D eigenvalue weighted by atomic mass is 35.5. The van der Waals surface area contributed by atoms with E-state index in [9.17, 15) is 14.9 Å². The number of benzene rings is 1. The molecule has 0 N–H and O–H groups in total. The molecule has 0 atom stereocenters. The third-order valence-electron chi connectivity index (χ3n) is 5.35. The van der Waals surface area contributed by atoms with Crippen molar-refractivity contribution in [2.45, 2.75) is 38.5 Å². The second kappa shape index (κ2) is 8.04. The maximum Gasteiger partial charge on any atom is 0.294 e. The summed E-state index contributed by atoms with van der Waals surface area (Å²) in [5.74, 6) is 0.944. The van der Waals surface area contributed by atoms with Crippen LogP contribution in [0.4, 0.5) is 11.4 Å². The van der Waals surface area contributed by atoms with Gasteiger partial charge in [-0.05, 0) is 24.5 Å². The molecule has 6 nitrogen and oxygen atoms in total. The van der Waals surface area contributed by atoms with E-state index in [1.807, 2.05) is 9.80 Å². The molecule has 0 bridgehead atoms. The Labute approximate surface area is 152 Å². The van der Waals surface area contributed by atoms with Crippen LogP contribution in [0.15, 0.2) is 18.2 Å². The number of halogens is 1. The van der Waals surface area contributed by atoms with Crippen LogP contribution in [0.1, 0.15) is 38.5 Å². The van der Waals surface area contributed by atoms with E-state index < -0.39 is 4.92 Å². The fourth-order valence-electron chi connectivity index (χ4n) is 3.89. The van der Waals surface area contributed by atoms with Gasteiger partial charge in [-0.3, -0.25) is 14.9 Å². The molecule has 0 spiro atoms. The zero-order valence-electron chi connectivity index (χ0n) is 14.3. The predicted molar refractivity (Wildman–Crippen MR) is 98.1 cm³/mol. The number of anilines is 1. The van der Waals surface area contributed by atoms with Crippen LogP contribution in [0.25, 0.3) is 0 Å². The lowest BCUT2D eigenvalue weighted by molar-refractivity contribution is -0.384. The van der Waals surface area contributed by atoms with Gasteiger partial charge in [0.15, 0.2) is 0 Å². The van der Waals surface area contributed by atoms with Crippen molar-refractivity contribution in [2.24, 2.45) is 5.92 Å². The summed E-state index contributed by atoms with van der Waals surface area (Å²) in [6.07, 6.45) is 6.77. The molecule has 2 aliphatic rings. The zero-order chi connectivity index (χ0) is 17.8. The first-order valence-electron chi connectivity index (χ1n) is 9.01. The van der Waals surface area contributed by atoms with Crippen LogP contribution in [0.2, 0.25) is 5.02 Å². The first-order chi connectivity index (χ1) is 12.0. The van der Waals surface area contributed by atoms with Gasteiger partial charge in [-0.25, -0.2) is 0 Å². The summed E-state index contributed by atoms with van der Waals surface area (Å²) in [7, 11) is 0. The smallest absolute Gasteiger partial charge is 0.294 e.